The number of nitrogens with zero attached hydrogens (tertiary/aromatic N) is 2. The molecule has 2 aliphatic rings. The first-order valence-corrected chi connectivity index (χ1v) is 12.8. The van der Waals surface area contributed by atoms with Crippen LogP contribution in [0.2, 0.25) is 0 Å². The summed E-state index contributed by atoms with van der Waals surface area (Å²) in [5.41, 5.74) is 3.89. The topological polar surface area (TPSA) is 79.7 Å². The Morgan fingerprint density at radius 2 is 1.92 bits per heavy atom. The van der Waals surface area contributed by atoms with Crippen molar-refractivity contribution >= 4 is 44.1 Å². The van der Waals surface area contributed by atoms with E-state index in [2.05, 4.69) is 4.98 Å². The summed E-state index contributed by atoms with van der Waals surface area (Å²) in [5.74, 6) is -1.97. The summed E-state index contributed by atoms with van der Waals surface area (Å²) < 4.78 is 21.8. The van der Waals surface area contributed by atoms with Gasteiger partial charge in [0.1, 0.15) is 29.5 Å². The molecule has 2 aliphatic heterocycles. The Labute approximate surface area is 216 Å². The first-order valence-electron chi connectivity index (χ1n) is 12.0. The third kappa shape index (κ3) is 3.71. The number of halogens is 1. The zero-order chi connectivity index (χ0) is 26.0. The van der Waals surface area contributed by atoms with Crippen LogP contribution in [-0.2, 0) is 16.0 Å². The summed E-state index contributed by atoms with van der Waals surface area (Å²) in [6.45, 7) is 5.85. The predicted molar refractivity (Wildman–Crippen MR) is 141 cm³/mol. The Balaban J connectivity index is 1.56. The van der Waals surface area contributed by atoms with Gasteiger partial charge in [0.15, 0.2) is 5.13 Å². The molecule has 0 radical (unpaired) electrons. The van der Waals surface area contributed by atoms with E-state index in [1.807, 2.05) is 32.9 Å². The number of benzene rings is 3. The molecule has 0 bridgehead atoms. The van der Waals surface area contributed by atoms with E-state index >= 15 is 4.39 Å². The summed E-state index contributed by atoms with van der Waals surface area (Å²) >= 11 is 1.26. The van der Waals surface area contributed by atoms with Gasteiger partial charge >= 0.3 is 5.91 Å². The first kappa shape index (κ1) is 23.4. The van der Waals surface area contributed by atoms with Gasteiger partial charge in [-0.05, 0) is 67.8 Å². The van der Waals surface area contributed by atoms with Crippen LogP contribution in [-0.4, -0.2) is 27.9 Å². The molecule has 1 aromatic heterocycles. The average molecular weight is 515 g/mol. The van der Waals surface area contributed by atoms with Gasteiger partial charge in [-0.1, -0.05) is 35.6 Å². The van der Waals surface area contributed by atoms with Crippen LogP contribution < -0.4 is 9.64 Å². The molecule has 6 nitrogen and oxygen atoms in total. The van der Waals surface area contributed by atoms with Crippen LogP contribution in [0.25, 0.3) is 16.0 Å². The van der Waals surface area contributed by atoms with E-state index in [0.717, 1.165) is 27.1 Å². The lowest BCUT2D eigenvalue weighted by molar-refractivity contribution is -0.132. The molecule has 1 fully saturated rings. The lowest BCUT2D eigenvalue weighted by Crippen LogP contribution is -2.29. The Kier molecular flexibility index (Phi) is 5.38. The van der Waals surface area contributed by atoms with E-state index < -0.39 is 23.5 Å². The smallest absolute Gasteiger partial charge is 0.301 e. The van der Waals surface area contributed by atoms with Crippen LogP contribution in [0.5, 0.6) is 5.75 Å². The maximum atomic E-state index is 15.2. The minimum Gasteiger partial charge on any atom is -0.507 e. The van der Waals surface area contributed by atoms with Crippen molar-refractivity contribution in [3.05, 3.63) is 93.8 Å². The molecule has 0 spiro atoms. The van der Waals surface area contributed by atoms with Crippen LogP contribution in [0.1, 0.15) is 40.8 Å². The summed E-state index contributed by atoms with van der Waals surface area (Å²) in [7, 11) is 0. The number of aryl methyl sites for hydroxylation is 2. The number of anilines is 1. The molecule has 1 amide bonds. The van der Waals surface area contributed by atoms with Crippen LogP contribution in [0.3, 0.4) is 0 Å². The maximum Gasteiger partial charge on any atom is 0.301 e. The molecule has 1 saturated heterocycles. The van der Waals surface area contributed by atoms with Gasteiger partial charge in [-0.3, -0.25) is 14.5 Å². The third-order valence-corrected chi connectivity index (χ3v) is 7.84. The SMILES string of the molecule is Cc1cc(C)c2nc(N3C(=O)C(=O)/C(=C(/O)c4ccc5c(c4)C[C@H](C)O5)[C@H]3c3ccccc3F)sc2c1. The van der Waals surface area contributed by atoms with Crippen molar-refractivity contribution in [3.63, 3.8) is 0 Å². The number of carbonyl (C=O) groups excluding carboxylic acids is 2. The largest absolute Gasteiger partial charge is 0.507 e. The lowest BCUT2D eigenvalue weighted by atomic mass is 9.94. The van der Waals surface area contributed by atoms with Crippen molar-refractivity contribution in [2.24, 2.45) is 0 Å². The standard InChI is InChI=1S/C29H23FN2O4S/c1-14-10-15(2)24-22(11-14)37-29(31-24)32-25(19-6-4-5-7-20(19)30)23(27(34)28(32)35)26(33)17-8-9-21-18(13-17)12-16(3)36-21/h4-11,13,16,25,33H,12H2,1-3H3/b26-23+/t16-,25+/m0/s1. The maximum absolute atomic E-state index is 15.2. The van der Waals surface area contributed by atoms with Crippen molar-refractivity contribution in [1.29, 1.82) is 0 Å². The van der Waals surface area contributed by atoms with Gasteiger partial charge in [0.2, 0.25) is 0 Å². The second-order valence-electron chi connectivity index (χ2n) is 9.57. The molecule has 3 aromatic carbocycles. The van der Waals surface area contributed by atoms with Crippen molar-refractivity contribution < 1.29 is 23.8 Å². The highest BCUT2D eigenvalue weighted by Gasteiger charge is 2.49. The fraction of sp³-hybridized carbons (Fsp3) is 0.207. The van der Waals surface area contributed by atoms with E-state index in [0.29, 0.717) is 17.5 Å². The van der Waals surface area contributed by atoms with E-state index in [-0.39, 0.29) is 28.1 Å². The number of aliphatic hydroxyl groups excluding tert-OH is 1. The number of carbonyl (C=O) groups is 2. The predicted octanol–water partition coefficient (Wildman–Crippen LogP) is 6.00. The summed E-state index contributed by atoms with van der Waals surface area (Å²) in [5, 5.41) is 11.7. The zero-order valence-corrected chi connectivity index (χ0v) is 21.2. The van der Waals surface area contributed by atoms with E-state index in [1.54, 1.807) is 24.3 Å². The van der Waals surface area contributed by atoms with Gasteiger partial charge in [0.25, 0.3) is 5.78 Å². The fourth-order valence-corrected chi connectivity index (χ4v) is 6.38. The Bertz CT molecular complexity index is 1660. The minimum atomic E-state index is -1.17. The quantitative estimate of drug-likeness (QED) is 0.206. The van der Waals surface area contributed by atoms with Gasteiger partial charge in [-0.25, -0.2) is 9.37 Å². The summed E-state index contributed by atoms with van der Waals surface area (Å²) in [6, 6.07) is 13.9. The molecule has 186 valence electrons. The van der Waals surface area contributed by atoms with Crippen LogP contribution >= 0.6 is 11.3 Å². The number of hydrogen-bond donors (Lipinski definition) is 1. The number of amides is 1. The van der Waals surface area contributed by atoms with Crippen LogP contribution in [0.15, 0.2) is 60.2 Å². The molecule has 3 heterocycles. The highest BCUT2D eigenvalue weighted by atomic mass is 32.1. The minimum absolute atomic E-state index is 0.00233. The van der Waals surface area contributed by atoms with Crippen molar-refractivity contribution in [2.75, 3.05) is 4.90 Å². The molecule has 4 aromatic rings. The van der Waals surface area contributed by atoms with Gasteiger partial charge in [0.05, 0.1) is 15.8 Å². The van der Waals surface area contributed by atoms with Crippen molar-refractivity contribution in [2.45, 2.75) is 39.3 Å². The number of Topliss-reactive ketones (excluding diaryl/α,β-unsaturated/α-hetero) is 1. The van der Waals surface area contributed by atoms with E-state index in [9.17, 15) is 14.7 Å². The number of rotatable bonds is 3. The Hall–Kier alpha value is -4.04. The van der Waals surface area contributed by atoms with Gasteiger partial charge < -0.3 is 9.84 Å². The molecule has 6 rings (SSSR count). The van der Waals surface area contributed by atoms with Crippen LogP contribution in [0, 0.1) is 19.7 Å². The molecule has 0 unspecified atom stereocenters. The van der Waals surface area contributed by atoms with Gasteiger partial charge in [-0.15, -0.1) is 0 Å². The average Bonchev–Trinajstić information content (AvgIpc) is 3.52. The van der Waals surface area contributed by atoms with Crippen molar-refractivity contribution in [1.82, 2.24) is 4.98 Å². The second-order valence-corrected chi connectivity index (χ2v) is 10.6. The molecule has 37 heavy (non-hydrogen) atoms. The molecular weight excluding hydrogens is 491 g/mol. The molecule has 0 saturated carbocycles. The second kappa shape index (κ2) is 8.52. The highest BCUT2D eigenvalue weighted by Crippen LogP contribution is 2.45. The summed E-state index contributed by atoms with van der Waals surface area (Å²) in [4.78, 5) is 32.8. The zero-order valence-electron chi connectivity index (χ0n) is 20.4. The van der Waals surface area contributed by atoms with E-state index in [1.165, 1.54) is 34.4 Å². The monoisotopic (exact) mass is 514 g/mol. The number of hydrogen-bond acceptors (Lipinski definition) is 6. The fourth-order valence-electron chi connectivity index (χ4n) is 5.21. The molecular formula is C29H23FN2O4S. The first-order chi connectivity index (χ1) is 17.7. The number of ketones is 1. The Morgan fingerprint density at radius 1 is 1.14 bits per heavy atom. The number of aliphatic hydroxyl groups is 1. The number of fused-ring (bicyclic) bond motifs is 2. The number of thiazole rings is 1. The normalized spacial score (nSPS) is 20.5. The number of ether oxygens (including phenoxy) is 1. The third-order valence-electron chi connectivity index (χ3n) is 6.84. The van der Waals surface area contributed by atoms with Crippen LogP contribution in [0.4, 0.5) is 9.52 Å². The molecule has 1 N–H and O–H groups in total. The Morgan fingerprint density at radius 3 is 2.70 bits per heavy atom. The number of aromatic nitrogens is 1. The lowest BCUT2D eigenvalue weighted by Gasteiger charge is -2.23. The molecule has 2 atom stereocenters. The van der Waals surface area contributed by atoms with E-state index in [4.69, 9.17) is 4.74 Å². The molecule has 8 heteroatoms. The summed E-state index contributed by atoms with van der Waals surface area (Å²) in [6.07, 6.45) is 0.661. The van der Waals surface area contributed by atoms with Gasteiger partial charge in [-0.2, -0.15) is 0 Å². The van der Waals surface area contributed by atoms with Gasteiger partial charge in [0, 0.05) is 17.5 Å². The highest BCUT2D eigenvalue weighted by molar-refractivity contribution is 7.22. The molecule has 0 aliphatic carbocycles. The van der Waals surface area contributed by atoms with Crippen molar-refractivity contribution in [3.8, 4) is 5.75 Å².